The molecule has 3 rings (SSSR count). The normalized spacial score (nSPS) is 14.4. The monoisotopic (exact) mass is 402 g/mol. The van der Waals surface area contributed by atoms with Gasteiger partial charge in [0.2, 0.25) is 0 Å². The zero-order valence-corrected chi connectivity index (χ0v) is 15.9. The van der Waals surface area contributed by atoms with Crippen molar-refractivity contribution < 1.29 is 23.4 Å². The number of carbonyl (C=O) groups is 1. The molecule has 0 aliphatic carbocycles. The van der Waals surface area contributed by atoms with Gasteiger partial charge in [-0.1, -0.05) is 18.2 Å². The molecule has 2 heterocycles. The average molecular weight is 402 g/mol. The van der Waals surface area contributed by atoms with Crippen LogP contribution in [0.2, 0.25) is 0 Å². The van der Waals surface area contributed by atoms with Gasteiger partial charge < -0.3 is 19.9 Å². The number of benzene rings is 1. The Morgan fingerprint density at radius 2 is 2.00 bits per heavy atom. The SMILES string of the molecule is N=C(N)CC(=O)OCc1cccc(-c2cnc(OCC3CCOCC3)nc2)c1F. The van der Waals surface area contributed by atoms with Gasteiger partial charge in [0.25, 0.3) is 0 Å². The first kappa shape index (κ1) is 20.7. The lowest BCUT2D eigenvalue weighted by molar-refractivity contribution is -0.143. The van der Waals surface area contributed by atoms with Crippen molar-refractivity contribution in [3.05, 3.63) is 42.0 Å². The Hall–Kier alpha value is -3.07. The fourth-order valence-corrected chi connectivity index (χ4v) is 2.91. The minimum Gasteiger partial charge on any atom is -0.463 e. The Kier molecular flexibility index (Phi) is 7.07. The molecule has 1 fully saturated rings. The van der Waals surface area contributed by atoms with E-state index in [4.69, 9.17) is 25.4 Å². The van der Waals surface area contributed by atoms with Crippen LogP contribution in [0, 0.1) is 17.1 Å². The van der Waals surface area contributed by atoms with Gasteiger partial charge in [-0.05, 0) is 18.8 Å². The predicted molar refractivity (Wildman–Crippen MR) is 103 cm³/mol. The van der Waals surface area contributed by atoms with Crippen LogP contribution in [0.4, 0.5) is 4.39 Å². The Balaban J connectivity index is 1.62. The molecule has 0 unspecified atom stereocenters. The molecular weight excluding hydrogens is 379 g/mol. The van der Waals surface area contributed by atoms with E-state index in [2.05, 4.69) is 9.97 Å². The van der Waals surface area contributed by atoms with Crippen LogP contribution in [0.3, 0.4) is 0 Å². The molecule has 1 aromatic carbocycles. The van der Waals surface area contributed by atoms with Crippen LogP contribution >= 0.6 is 0 Å². The van der Waals surface area contributed by atoms with E-state index >= 15 is 0 Å². The van der Waals surface area contributed by atoms with Gasteiger partial charge in [-0.3, -0.25) is 10.2 Å². The third kappa shape index (κ3) is 5.95. The Bertz CT molecular complexity index is 854. The highest BCUT2D eigenvalue weighted by atomic mass is 19.1. The number of hydrogen-bond donors (Lipinski definition) is 2. The number of ether oxygens (including phenoxy) is 3. The number of amidine groups is 1. The molecular formula is C20H23FN4O4. The molecule has 1 aromatic heterocycles. The molecule has 8 nitrogen and oxygen atoms in total. The van der Waals surface area contributed by atoms with Crippen molar-refractivity contribution >= 4 is 11.8 Å². The average Bonchev–Trinajstić information content (AvgIpc) is 2.72. The molecule has 0 atom stereocenters. The van der Waals surface area contributed by atoms with Crippen LogP contribution in [0.1, 0.15) is 24.8 Å². The van der Waals surface area contributed by atoms with Crippen molar-refractivity contribution in [1.29, 1.82) is 5.41 Å². The maximum absolute atomic E-state index is 14.8. The highest BCUT2D eigenvalue weighted by Crippen LogP contribution is 2.25. The molecule has 1 saturated heterocycles. The number of esters is 1. The summed E-state index contributed by atoms with van der Waals surface area (Å²) in [6.45, 7) is 1.76. The van der Waals surface area contributed by atoms with E-state index in [9.17, 15) is 9.18 Å². The lowest BCUT2D eigenvalue weighted by Gasteiger charge is -2.21. The first-order chi connectivity index (χ1) is 14.0. The van der Waals surface area contributed by atoms with Crippen molar-refractivity contribution in [2.75, 3.05) is 19.8 Å². The summed E-state index contributed by atoms with van der Waals surface area (Å²) in [7, 11) is 0. The number of rotatable bonds is 8. The second kappa shape index (κ2) is 9.92. The number of hydrogen-bond acceptors (Lipinski definition) is 7. The van der Waals surface area contributed by atoms with Gasteiger partial charge in [0.1, 0.15) is 24.7 Å². The first-order valence-corrected chi connectivity index (χ1v) is 9.32. The van der Waals surface area contributed by atoms with Crippen LogP contribution in [-0.2, 0) is 20.9 Å². The fourth-order valence-electron chi connectivity index (χ4n) is 2.91. The van der Waals surface area contributed by atoms with Gasteiger partial charge in [0.15, 0.2) is 0 Å². The van der Waals surface area contributed by atoms with Crippen molar-refractivity contribution in [1.82, 2.24) is 9.97 Å². The maximum Gasteiger partial charge on any atom is 0.316 e. The third-order valence-electron chi connectivity index (χ3n) is 4.53. The van der Waals surface area contributed by atoms with E-state index in [1.807, 2.05) is 0 Å². The van der Waals surface area contributed by atoms with Crippen LogP contribution in [0.15, 0.2) is 30.6 Å². The standard InChI is InChI=1S/C20H23FN4O4/c21-19-14(12-28-18(26)8-17(22)23)2-1-3-16(19)15-9-24-20(25-10-15)29-11-13-4-6-27-7-5-13/h1-3,9-10,13H,4-8,11-12H2,(H3,22,23). The molecule has 3 N–H and O–H groups in total. The summed E-state index contributed by atoms with van der Waals surface area (Å²) in [4.78, 5) is 19.8. The number of carbonyl (C=O) groups excluding carboxylic acids is 1. The quantitative estimate of drug-likeness (QED) is 0.395. The van der Waals surface area contributed by atoms with Crippen LogP contribution < -0.4 is 10.5 Å². The zero-order chi connectivity index (χ0) is 20.6. The lowest BCUT2D eigenvalue weighted by Crippen LogP contribution is -2.21. The summed E-state index contributed by atoms with van der Waals surface area (Å²) < 4.78 is 30.7. The van der Waals surface area contributed by atoms with Gasteiger partial charge in [0.05, 0.1) is 6.61 Å². The van der Waals surface area contributed by atoms with Crippen molar-refractivity contribution in [2.24, 2.45) is 11.7 Å². The zero-order valence-electron chi connectivity index (χ0n) is 15.9. The number of halogens is 1. The van der Waals surface area contributed by atoms with Crippen molar-refractivity contribution in [2.45, 2.75) is 25.9 Å². The number of nitrogens with two attached hydrogens (primary N) is 1. The molecule has 0 saturated carbocycles. The Morgan fingerprint density at radius 1 is 1.28 bits per heavy atom. The smallest absolute Gasteiger partial charge is 0.316 e. The highest BCUT2D eigenvalue weighted by Gasteiger charge is 2.16. The highest BCUT2D eigenvalue weighted by molar-refractivity contribution is 5.94. The van der Waals surface area contributed by atoms with E-state index < -0.39 is 11.8 Å². The summed E-state index contributed by atoms with van der Waals surface area (Å²) in [5.41, 5.74) is 6.13. The van der Waals surface area contributed by atoms with Gasteiger partial charge in [0, 0.05) is 42.3 Å². The number of nitrogens with zero attached hydrogens (tertiary/aromatic N) is 2. The van der Waals surface area contributed by atoms with Crippen molar-refractivity contribution in [3.8, 4) is 17.1 Å². The number of nitrogens with one attached hydrogen (secondary N) is 1. The van der Waals surface area contributed by atoms with E-state index in [1.165, 1.54) is 18.5 Å². The Labute approximate surface area is 167 Å². The van der Waals surface area contributed by atoms with Crippen LogP contribution in [0.5, 0.6) is 6.01 Å². The first-order valence-electron chi connectivity index (χ1n) is 9.32. The lowest BCUT2D eigenvalue weighted by atomic mass is 10.0. The fraction of sp³-hybridized carbons (Fsp3) is 0.400. The molecule has 154 valence electrons. The largest absolute Gasteiger partial charge is 0.463 e. The Morgan fingerprint density at radius 3 is 2.69 bits per heavy atom. The molecule has 0 bridgehead atoms. The molecule has 1 aliphatic heterocycles. The van der Waals surface area contributed by atoms with Crippen molar-refractivity contribution in [3.63, 3.8) is 0 Å². The summed E-state index contributed by atoms with van der Waals surface area (Å²) in [6.07, 6.45) is 4.57. The molecule has 29 heavy (non-hydrogen) atoms. The molecule has 0 amide bonds. The maximum atomic E-state index is 14.8. The third-order valence-corrected chi connectivity index (χ3v) is 4.53. The summed E-state index contributed by atoms with van der Waals surface area (Å²) in [6, 6.07) is 5.01. The topological polar surface area (TPSA) is 120 Å². The van der Waals surface area contributed by atoms with Crippen LogP contribution in [0.25, 0.3) is 11.1 Å². The number of aromatic nitrogens is 2. The molecule has 0 radical (unpaired) electrons. The summed E-state index contributed by atoms with van der Waals surface area (Å²) >= 11 is 0. The second-order valence-corrected chi connectivity index (χ2v) is 6.76. The van der Waals surface area contributed by atoms with Crippen LogP contribution in [-0.4, -0.2) is 41.6 Å². The molecule has 1 aliphatic rings. The van der Waals surface area contributed by atoms with Gasteiger partial charge >= 0.3 is 12.0 Å². The molecule has 9 heteroatoms. The van der Waals surface area contributed by atoms with Gasteiger partial charge in [-0.15, -0.1) is 0 Å². The van der Waals surface area contributed by atoms with E-state index in [1.54, 1.807) is 12.1 Å². The molecule has 2 aromatic rings. The van der Waals surface area contributed by atoms with Gasteiger partial charge in [-0.25, -0.2) is 14.4 Å². The van der Waals surface area contributed by atoms with E-state index in [-0.39, 0.29) is 30.4 Å². The predicted octanol–water partition coefficient (Wildman–Crippen LogP) is 2.46. The van der Waals surface area contributed by atoms with E-state index in [0.717, 1.165) is 26.1 Å². The summed E-state index contributed by atoms with van der Waals surface area (Å²) in [5, 5.41) is 7.07. The minimum absolute atomic E-state index is 0.208. The van der Waals surface area contributed by atoms with E-state index in [0.29, 0.717) is 23.7 Å². The molecule has 0 spiro atoms. The van der Waals surface area contributed by atoms with Gasteiger partial charge in [-0.2, -0.15) is 0 Å². The summed E-state index contributed by atoms with van der Waals surface area (Å²) in [5.74, 6) is -1.09. The second-order valence-electron chi connectivity index (χ2n) is 6.76. The minimum atomic E-state index is -0.684.